The number of hydrogen-bond donors (Lipinski definition) is 1. The van der Waals surface area contributed by atoms with Crippen LogP contribution in [-0.4, -0.2) is 13.2 Å². The number of nitrogens with two attached hydrogens (primary N) is 1. The summed E-state index contributed by atoms with van der Waals surface area (Å²) in [6.07, 6.45) is 2.00. The molecule has 0 saturated carbocycles. The fourth-order valence-electron chi connectivity index (χ4n) is 2.22. The van der Waals surface area contributed by atoms with Crippen LogP contribution in [0.1, 0.15) is 30.0 Å². The van der Waals surface area contributed by atoms with E-state index in [0.29, 0.717) is 11.5 Å². The normalized spacial score (nSPS) is 18.5. The van der Waals surface area contributed by atoms with Crippen LogP contribution in [0.4, 0.5) is 4.39 Å². The van der Waals surface area contributed by atoms with E-state index in [1.54, 1.807) is 13.0 Å². The molecule has 2 rings (SSSR count). The molecule has 1 aromatic carbocycles. The molecule has 1 atom stereocenters. The first kappa shape index (κ1) is 14.4. The van der Waals surface area contributed by atoms with Crippen LogP contribution in [0.25, 0.3) is 0 Å². The molecule has 2 nitrogen and oxygen atoms in total. The molecule has 4 heteroatoms. The van der Waals surface area contributed by atoms with Crippen molar-refractivity contribution in [1.82, 2.24) is 0 Å². The van der Waals surface area contributed by atoms with Gasteiger partial charge in [-0.3, -0.25) is 0 Å². The lowest BCUT2D eigenvalue weighted by atomic mass is 9.87. The summed E-state index contributed by atoms with van der Waals surface area (Å²) in [6.45, 7) is 3.35. The van der Waals surface area contributed by atoms with E-state index in [9.17, 15) is 4.39 Å². The van der Waals surface area contributed by atoms with Crippen LogP contribution < -0.4 is 5.73 Å². The molecule has 0 spiro atoms. The minimum atomic E-state index is -0.164. The van der Waals surface area contributed by atoms with E-state index < -0.39 is 0 Å². The first-order valence-corrected chi connectivity index (χ1v) is 5.78. The zero-order chi connectivity index (χ0) is 11.5. The molecule has 0 amide bonds. The lowest BCUT2D eigenvalue weighted by Gasteiger charge is -2.28. The molecular formula is C13H19ClFNO. The fourth-order valence-corrected chi connectivity index (χ4v) is 2.22. The van der Waals surface area contributed by atoms with Gasteiger partial charge in [-0.1, -0.05) is 12.1 Å². The number of halogens is 2. The molecule has 0 aliphatic carbocycles. The van der Waals surface area contributed by atoms with Crippen LogP contribution in [0.2, 0.25) is 0 Å². The molecule has 0 unspecified atom stereocenters. The molecule has 1 aliphatic heterocycles. The maximum Gasteiger partial charge on any atom is 0.126 e. The van der Waals surface area contributed by atoms with Gasteiger partial charge in [0.15, 0.2) is 0 Å². The number of benzene rings is 1. The minimum Gasteiger partial charge on any atom is -0.381 e. The van der Waals surface area contributed by atoms with E-state index in [1.165, 1.54) is 6.07 Å². The fraction of sp³-hybridized carbons (Fsp3) is 0.538. The van der Waals surface area contributed by atoms with Gasteiger partial charge >= 0.3 is 0 Å². The van der Waals surface area contributed by atoms with Crippen molar-refractivity contribution < 1.29 is 9.13 Å². The average molecular weight is 260 g/mol. The number of hydrogen-bond acceptors (Lipinski definition) is 2. The van der Waals surface area contributed by atoms with Gasteiger partial charge in [0.05, 0.1) is 0 Å². The molecule has 1 fully saturated rings. The van der Waals surface area contributed by atoms with Crippen molar-refractivity contribution in [2.45, 2.75) is 25.8 Å². The smallest absolute Gasteiger partial charge is 0.126 e. The number of aryl methyl sites for hydroxylation is 1. The Morgan fingerprint density at radius 2 is 2.00 bits per heavy atom. The predicted molar refractivity (Wildman–Crippen MR) is 68.9 cm³/mol. The van der Waals surface area contributed by atoms with Crippen LogP contribution >= 0.6 is 12.4 Å². The molecule has 0 bridgehead atoms. The third kappa shape index (κ3) is 3.41. The summed E-state index contributed by atoms with van der Waals surface area (Å²) < 4.78 is 18.5. The average Bonchev–Trinajstić information content (AvgIpc) is 2.33. The Bertz CT molecular complexity index is 366. The third-order valence-electron chi connectivity index (χ3n) is 3.34. The topological polar surface area (TPSA) is 35.2 Å². The van der Waals surface area contributed by atoms with Gasteiger partial charge in [0.25, 0.3) is 0 Å². The Morgan fingerprint density at radius 1 is 1.35 bits per heavy atom. The van der Waals surface area contributed by atoms with Gasteiger partial charge in [0.1, 0.15) is 5.82 Å². The minimum absolute atomic E-state index is 0. The summed E-state index contributed by atoms with van der Waals surface area (Å²) in [5, 5.41) is 0. The van der Waals surface area contributed by atoms with E-state index >= 15 is 0 Å². The van der Waals surface area contributed by atoms with Gasteiger partial charge in [-0.05, 0) is 42.9 Å². The Labute approximate surface area is 108 Å². The van der Waals surface area contributed by atoms with Crippen molar-refractivity contribution in [1.29, 1.82) is 0 Å². The highest BCUT2D eigenvalue weighted by Crippen LogP contribution is 2.28. The maximum atomic E-state index is 13.1. The Hall–Kier alpha value is -0.640. The molecule has 96 valence electrons. The number of ether oxygens (including phenoxy) is 1. The summed E-state index contributed by atoms with van der Waals surface area (Å²) in [7, 11) is 0. The van der Waals surface area contributed by atoms with Crippen molar-refractivity contribution >= 4 is 12.4 Å². The molecule has 0 radical (unpaired) electrons. The second-order valence-electron chi connectivity index (χ2n) is 4.48. The Morgan fingerprint density at radius 3 is 2.59 bits per heavy atom. The molecule has 2 N–H and O–H groups in total. The highest BCUT2D eigenvalue weighted by atomic mass is 35.5. The third-order valence-corrected chi connectivity index (χ3v) is 3.34. The summed E-state index contributed by atoms with van der Waals surface area (Å²) >= 11 is 0. The SMILES string of the molecule is Cc1cc([C@@H](N)C2CCOCC2)ccc1F.Cl. The van der Waals surface area contributed by atoms with Crippen molar-refractivity contribution in [3.63, 3.8) is 0 Å². The van der Waals surface area contributed by atoms with Gasteiger partial charge in [-0.15, -0.1) is 12.4 Å². The summed E-state index contributed by atoms with van der Waals surface area (Å²) in [4.78, 5) is 0. The summed E-state index contributed by atoms with van der Waals surface area (Å²) in [5.41, 5.74) is 7.91. The van der Waals surface area contributed by atoms with E-state index in [1.807, 2.05) is 6.07 Å². The second-order valence-corrected chi connectivity index (χ2v) is 4.48. The largest absolute Gasteiger partial charge is 0.381 e. The van der Waals surface area contributed by atoms with Crippen LogP contribution in [-0.2, 0) is 4.74 Å². The lowest BCUT2D eigenvalue weighted by molar-refractivity contribution is 0.0583. The van der Waals surface area contributed by atoms with Crippen molar-refractivity contribution in [3.05, 3.63) is 35.1 Å². The summed E-state index contributed by atoms with van der Waals surface area (Å²) in [6, 6.07) is 5.16. The van der Waals surface area contributed by atoms with Crippen molar-refractivity contribution in [2.75, 3.05) is 13.2 Å². The van der Waals surface area contributed by atoms with Gasteiger partial charge in [0.2, 0.25) is 0 Å². The first-order chi connectivity index (χ1) is 7.68. The van der Waals surface area contributed by atoms with E-state index in [4.69, 9.17) is 10.5 Å². The molecule has 17 heavy (non-hydrogen) atoms. The predicted octanol–water partition coefficient (Wildman–Crippen LogP) is 2.98. The van der Waals surface area contributed by atoms with Gasteiger partial charge in [-0.25, -0.2) is 4.39 Å². The molecule has 1 aromatic rings. The zero-order valence-corrected chi connectivity index (χ0v) is 10.8. The molecular weight excluding hydrogens is 241 g/mol. The molecule has 1 aliphatic rings. The first-order valence-electron chi connectivity index (χ1n) is 5.78. The monoisotopic (exact) mass is 259 g/mol. The van der Waals surface area contributed by atoms with E-state index in [2.05, 4.69) is 0 Å². The van der Waals surface area contributed by atoms with Gasteiger partial charge < -0.3 is 10.5 Å². The second kappa shape index (κ2) is 6.34. The Balaban J connectivity index is 0.00000144. The standard InChI is InChI=1S/C13H18FNO.ClH/c1-9-8-11(2-3-12(9)14)13(15)10-4-6-16-7-5-10;/h2-3,8,10,13H,4-7,15H2,1H3;1H/t13-;/m0./s1. The highest BCUT2D eigenvalue weighted by molar-refractivity contribution is 5.85. The number of rotatable bonds is 2. The quantitative estimate of drug-likeness (QED) is 0.886. The van der Waals surface area contributed by atoms with Crippen molar-refractivity contribution in [2.24, 2.45) is 11.7 Å². The van der Waals surface area contributed by atoms with Crippen LogP contribution in [0.3, 0.4) is 0 Å². The van der Waals surface area contributed by atoms with Gasteiger partial charge in [-0.2, -0.15) is 0 Å². The molecule has 1 saturated heterocycles. The van der Waals surface area contributed by atoms with Crippen LogP contribution in [0, 0.1) is 18.7 Å². The van der Waals surface area contributed by atoms with Crippen LogP contribution in [0.15, 0.2) is 18.2 Å². The van der Waals surface area contributed by atoms with Crippen molar-refractivity contribution in [3.8, 4) is 0 Å². The zero-order valence-electron chi connectivity index (χ0n) is 9.99. The summed E-state index contributed by atoms with van der Waals surface area (Å²) in [5.74, 6) is 0.293. The molecule has 1 heterocycles. The van der Waals surface area contributed by atoms with E-state index in [-0.39, 0.29) is 24.3 Å². The molecule has 0 aromatic heterocycles. The maximum absolute atomic E-state index is 13.1. The van der Waals surface area contributed by atoms with E-state index in [0.717, 1.165) is 31.6 Å². The van der Waals surface area contributed by atoms with Gasteiger partial charge in [0, 0.05) is 19.3 Å². The lowest BCUT2D eigenvalue weighted by Crippen LogP contribution is -2.27. The Kier molecular flexibility index (Phi) is 5.37. The van der Waals surface area contributed by atoms with Crippen LogP contribution in [0.5, 0.6) is 0 Å². The highest BCUT2D eigenvalue weighted by Gasteiger charge is 2.22.